The van der Waals surface area contributed by atoms with Gasteiger partial charge in [0.15, 0.2) is 11.4 Å². The summed E-state index contributed by atoms with van der Waals surface area (Å²) in [7, 11) is 1.38. The average Bonchev–Trinajstić information content (AvgIpc) is 2.41. The summed E-state index contributed by atoms with van der Waals surface area (Å²) >= 11 is 0. The Balaban J connectivity index is 1.98. The van der Waals surface area contributed by atoms with E-state index in [2.05, 4.69) is 5.43 Å². The van der Waals surface area contributed by atoms with Crippen molar-refractivity contribution < 1.29 is 23.4 Å². The van der Waals surface area contributed by atoms with Gasteiger partial charge in [-0.25, -0.2) is 0 Å². The number of nitrogens with zero attached hydrogens (tertiary/aromatic N) is 2. The largest absolute Gasteiger partial charge is 0.502 e. The fourth-order valence-corrected chi connectivity index (χ4v) is 2.56. The number of pyridine rings is 1. The molecular formula is C11H12F2N3O4P. The van der Waals surface area contributed by atoms with Crippen molar-refractivity contribution in [1.29, 1.82) is 0 Å². The number of amides is 1. The highest BCUT2D eigenvalue weighted by Gasteiger charge is 2.46. The Morgan fingerprint density at radius 3 is 2.86 bits per heavy atom. The Kier molecular flexibility index (Phi) is 3.14. The zero-order valence-corrected chi connectivity index (χ0v) is 11.8. The molecule has 1 saturated heterocycles. The Labute approximate surface area is 119 Å². The van der Waals surface area contributed by atoms with Crippen LogP contribution in [0.2, 0.25) is 0 Å². The van der Waals surface area contributed by atoms with Gasteiger partial charge in [0, 0.05) is 12.3 Å². The number of ether oxygens (including phenoxy) is 1. The molecule has 2 aliphatic heterocycles. The average molecular weight is 319 g/mol. The number of morpholine rings is 1. The molecule has 1 aromatic heterocycles. The molecule has 0 radical (unpaired) electrons. The van der Waals surface area contributed by atoms with Gasteiger partial charge in [0.2, 0.25) is 5.43 Å². The molecule has 0 saturated carbocycles. The molecule has 1 aromatic rings. The fraction of sp³-hybridized carbons (Fsp3) is 0.455. The minimum Gasteiger partial charge on any atom is -0.502 e. The topological polar surface area (TPSA) is 83.8 Å². The molecule has 0 aromatic carbocycles. The maximum absolute atomic E-state index is 13.3. The van der Waals surface area contributed by atoms with Gasteiger partial charge < -0.3 is 20.2 Å². The number of halogens is 2. The number of aromatic nitrogens is 1. The van der Waals surface area contributed by atoms with Crippen molar-refractivity contribution in [3.05, 3.63) is 28.2 Å². The third-order valence-corrected chi connectivity index (χ3v) is 3.82. The van der Waals surface area contributed by atoms with Crippen molar-refractivity contribution in [2.75, 3.05) is 18.6 Å². The van der Waals surface area contributed by atoms with E-state index in [9.17, 15) is 23.5 Å². The lowest BCUT2D eigenvalue weighted by molar-refractivity contribution is -0.128. The molecule has 3 heterocycles. The van der Waals surface area contributed by atoms with E-state index in [1.54, 1.807) is 0 Å². The molecule has 7 nitrogen and oxygen atoms in total. The zero-order chi connectivity index (χ0) is 15.4. The van der Waals surface area contributed by atoms with Gasteiger partial charge >= 0.3 is 0 Å². The van der Waals surface area contributed by atoms with Crippen LogP contribution in [0.3, 0.4) is 0 Å². The molecule has 2 N–H and O–H groups in total. The third-order valence-electron chi connectivity index (χ3n) is 3.45. The molecule has 21 heavy (non-hydrogen) atoms. The lowest BCUT2D eigenvalue weighted by Crippen LogP contribution is -2.63. The summed E-state index contributed by atoms with van der Waals surface area (Å²) in [6.07, 6.45) is -0.813. The highest BCUT2D eigenvalue weighted by Crippen LogP contribution is 2.33. The summed E-state index contributed by atoms with van der Waals surface area (Å²) in [6, 6.07) is 1.10. The smallest absolute Gasteiger partial charge is 0.286 e. The predicted octanol–water partition coefficient (Wildman–Crippen LogP) is -0.254. The van der Waals surface area contributed by atoms with Gasteiger partial charge in [-0.3, -0.25) is 14.3 Å². The van der Waals surface area contributed by atoms with Crippen LogP contribution in [0, 0.1) is 0 Å². The number of hydrogen-bond donors (Lipinski definition) is 2. The Morgan fingerprint density at radius 2 is 2.19 bits per heavy atom. The van der Waals surface area contributed by atoms with E-state index in [0.29, 0.717) is 0 Å². The minimum absolute atomic E-state index is 0.132. The van der Waals surface area contributed by atoms with E-state index >= 15 is 0 Å². The summed E-state index contributed by atoms with van der Waals surface area (Å²) in [5, 5.41) is 9.73. The molecule has 0 spiro atoms. The Morgan fingerprint density at radius 1 is 1.48 bits per heavy atom. The Hall–Kier alpha value is -1.73. The molecule has 1 amide bonds. The summed E-state index contributed by atoms with van der Waals surface area (Å²) in [4.78, 5) is 24.9. The number of fused-ring (bicyclic) bond motifs is 2. The number of carbonyl (C=O) groups excluding carboxylic acids is 1. The van der Waals surface area contributed by atoms with Crippen LogP contribution < -0.4 is 10.9 Å². The molecule has 3 atom stereocenters. The first-order valence-electron chi connectivity index (χ1n) is 6.09. The first kappa shape index (κ1) is 14.2. The van der Waals surface area contributed by atoms with Gasteiger partial charge in [-0.2, -0.15) is 8.78 Å². The summed E-state index contributed by atoms with van der Waals surface area (Å²) in [5.41, 5.74) is -1.35. The van der Waals surface area contributed by atoms with Gasteiger partial charge in [-0.05, 0) is 0 Å². The van der Waals surface area contributed by atoms with Crippen LogP contribution in [-0.4, -0.2) is 51.7 Å². The van der Waals surface area contributed by atoms with Crippen LogP contribution in [0.25, 0.3) is 0 Å². The molecule has 1 unspecified atom stereocenters. The second-order valence-corrected chi connectivity index (χ2v) is 5.62. The molecule has 10 heteroatoms. The maximum Gasteiger partial charge on any atom is 0.286 e. The molecular weight excluding hydrogens is 307 g/mol. The standard InChI is InChI=1S/C11H12F2N3O4P/c12-11(13,21)6-3-15-7(4-20-6)14-16-2-1-5(17)9(18)8(16)10(15)19/h1-2,6-7,14,18H,3-4,21H2/t6-,7-/m0/s1. The molecule has 114 valence electrons. The third kappa shape index (κ3) is 2.26. The molecule has 1 fully saturated rings. The zero-order valence-electron chi connectivity index (χ0n) is 10.6. The maximum atomic E-state index is 13.3. The number of nitrogens with one attached hydrogen (secondary N) is 1. The number of carbonyl (C=O) groups is 1. The monoisotopic (exact) mass is 319 g/mol. The van der Waals surface area contributed by atoms with E-state index in [1.807, 2.05) is 0 Å². The number of aromatic hydroxyl groups is 1. The van der Waals surface area contributed by atoms with Gasteiger partial charge in [-0.1, -0.05) is 9.24 Å². The van der Waals surface area contributed by atoms with Crippen LogP contribution >= 0.6 is 9.24 Å². The van der Waals surface area contributed by atoms with Crippen LogP contribution in [0.4, 0.5) is 8.78 Å². The van der Waals surface area contributed by atoms with E-state index in [4.69, 9.17) is 4.74 Å². The lowest BCUT2D eigenvalue weighted by atomic mass is 10.2. The van der Waals surface area contributed by atoms with Gasteiger partial charge in [0.1, 0.15) is 12.3 Å². The SMILES string of the molecule is O=C1c2c(O)c(=O)ccn2N[C@@H]2CO[C@H](C(F)(F)P)CN12. The van der Waals surface area contributed by atoms with Crippen LogP contribution in [0.5, 0.6) is 5.75 Å². The molecule has 2 aliphatic rings. The van der Waals surface area contributed by atoms with Crippen LogP contribution in [-0.2, 0) is 4.74 Å². The second-order valence-electron chi connectivity index (χ2n) is 4.85. The number of hydrogen-bond acceptors (Lipinski definition) is 5. The number of rotatable bonds is 1. The first-order valence-corrected chi connectivity index (χ1v) is 6.67. The quantitative estimate of drug-likeness (QED) is 0.697. The van der Waals surface area contributed by atoms with Crippen molar-refractivity contribution in [3.8, 4) is 5.75 Å². The predicted molar refractivity (Wildman–Crippen MR) is 70.9 cm³/mol. The minimum atomic E-state index is -3.18. The van der Waals surface area contributed by atoms with E-state index in [0.717, 1.165) is 11.0 Å². The van der Waals surface area contributed by atoms with Crippen molar-refractivity contribution >= 4 is 15.1 Å². The van der Waals surface area contributed by atoms with Crippen molar-refractivity contribution in [3.63, 3.8) is 0 Å². The summed E-state index contributed by atoms with van der Waals surface area (Å²) < 4.78 is 32.9. The summed E-state index contributed by atoms with van der Waals surface area (Å²) in [5.74, 6) is -1.41. The lowest BCUT2D eigenvalue weighted by Gasteiger charge is -2.44. The van der Waals surface area contributed by atoms with Crippen molar-refractivity contribution in [2.45, 2.75) is 17.9 Å². The highest BCUT2D eigenvalue weighted by molar-refractivity contribution is 7.18. The van der Waals surface area contributed by atoms with E-state index in [-0.39, 0.29) is 18.8 Å². The molecule has 0 bridgehead atoms. The van der Waals surface area contributed by atoms with E-state index < -0.39 is 35.0 Å². The molecule has 0 aliphatic carbocycles. The normalized spacial score (nSPS) is 25.1. The first-order chi connectivity index (χ1) is 9.79. The van der Waals surface area contributed by atoms with Crippen molar-refractivity contribution in [1.82, 2.24) is 9.58 Å². The van der Waals surface area contributed by atoms with Gasteiger partial charge in [0.25, 0.3) is 11.6 Å². The van der Waals surface area contributed by atoms with Gasteiger partial charge in [-0.15, -0.1) is 0 Å². The fourth-order valence-electron chi connectivity index (χ4n) is 2.36. The second kappa shape index (κ2) is 4.64. The highest BCUT2D eigenvalue weighted by atomic mass is 31.0. The van der Waals surface area contributed by atoms with E-state index in [1.165, 1.54) is 20.1 Å². The van der Waals surface area contributed by atoms with Crippen molar-refractivity contribution in [2.24, 2.45) is 0 Å². The van der Waals surface area contributed by atoms with Crippen LogP contribution in [0.1, 0.15) is 10.5 Å². The number of alkyl halides is 2. The summed E-state index contributed by atoms with van der Waals surface area (Å²) in [6.45, 7) is -0.484. The van der Waals surface area contributed by atoms with Crippen LogP contribution in [0.15, 0.2) is 17.1 Å². The van der Waals surface area contributed by atoms with Gasteiger partial charge in [0.05, 0.1) is 13.2 Å². The molecule has 3 rings (SSSR count). The Bertz CT molecular complexity index is 660.